The van der Waals surface area contributed by atoms with E-state index in [1.165, 1.54) is 4.90 Å². The summed E-state index contributed by atoms with van der Waals surface area (Å²) in [6, 6.07) is 4.79. The Morgan fingerprint density at radius 2 is 2.00 bits per heavy atom. The zero-order chi connectivity index (χ0) is 21.0. The van der Waals surface area contributed by atoms with Crippen LogP contribution in [0.5, 0.6) is 0 Å². The normalized spacial score (nSPS) is 21.9. The number of piperazine rings is 1. The maximum absolute atomic E-state index is 15.0. The smallest absolute Gasteiger partial charge is 0.340 e. The molecular weight excluding hydrogens is 373 g/mol. The van der Waals surface area contributed by atoms with E-state index in [2.05, 4.69) is 15.8 Å². The van der Waals surface area contributed by atoms with Gasteiger partial charge in [-0.25, -0.2) is 9.18 Å². The van der Waals surface area contributed by atoms with Gasteiger partial charge in [-0.15, -0.1) is 0 Å². The second-order valence-corrected chi connectivity index (χ2v) is 7.49. The third kappa shape index (κ3) is 4.95. The van der Waals surface area contributed by atoms with Crippen molar-refractivity contribution in [1.29, 1.82) is 0 Å². The number of nitrogens with one attached hydrogen (secondary N) is 2. The maximum Gasteiger partial charge on any atom is 0.340 e. The molecule has 2 N–H and O–H groups in total. The Kier molecular flexibility index (Phi) is 6.53. The van der Waals surface area contributed by atoms with Crippen molar-refractivity contribution in [2.45, 2.75) is 39.4 Å². The molecule has 2 atom stereocenters. The topological polar surface area (TPSA) is 67.9 Å². The largest absolute Gasteiger partial charge is 0.340 e. The monoisotopic (exact) mass is 401 g/mol. The Balaban J connectivity index is 1.61. The predicted molar refractivity (Wildman–Crippen MR) is 110 cm³/mol. The van der Waals surface area contributed by atoms with E-state index in [1.54, 1.807) is 37.4 Å². The molecule has 3 rings (SSSR count). The SMILES string of the molecule is CC(=O)N1CCN(Cc2cccc(NNC(=O)N3C=CC=CC3C)c2F)[C@H](C)C1. The summed E-state index contributed by atoms with van der Waals surface area (Å²) in [5.41, 5.74) is 6.01. The van der Waals surface area contributed by atoms with Crippen LogP contribution in [-0.4, -0.2) is 58.4 Å². The lowest BCUT2D eigenvalue weighted by Gasteiger charge is -2.39. The highest BCUT2D eigenvalue weighted by Crippen LogP contribution is 2.21. The molecule has 1 aromatic carbocycles. The molecule has 1 unspecified atom stereocenters. The molecular formula is C21H28FN5O2. The molecule has 1 fully saturated rings. The van der Waals surface area contributed by atoms with E-state index < -0.39 is 5.82 Å². The fourth-order valence-electron chi connectivity index (χ4n) is 3.57. The van der Waals surface area contributed by atoms with Gasteiger partial charge in [-0.1, -0.05) is 24.3 Å². The first-order valence-electron chi connectivity index (χ1n) is 9.83. The second kappa shape index (κ2) is 9.09. The van der Waals surface area contributed by atoms with Gasteiger partial charge in [0, 0.05) is 50.9 Å². The summed E-state index contributed by atoms with van der Waals surface area (Å²) in [6.07, 6.45) is 7.22. The average Bonchev–Trinajstić information content (AvgIpc) is 2.70. The predicted octanol–water partition coefficient (Wildman–Crippen LogP) is 2.69. The number of halogens is 1. The number of anilines is 1. The van der Waals surface area contributed by atoms with Gasteiger partial charge in [0.15, 0.2) is 5.82 Å². The Morgan fingerprint density at radius 1 is 1.21 bits per heavy atom. The molecule has 0 radical (unpaired) electrons. The molecule has 1 saturated heterocycles. The molecule has 7 nitrogen and oxygen atoms in total. The van der Waals surface area contributed by atoms with E-state index in [1.807, 2.05) is 30.9 Å². The number of amides is 3. The fourth-order valence-corrected chi connectivity index (χ4v) is 3.57. The Labute approximate surface area is 170 Å². The minimum atomic E-state index is -0.392. The van der Waals surface area contributed by atoms with Crippen LogP contribution in [0.4, 0.5) is 14.9 Å². The highest BCUT2D eigenvalue weighted by molar-refractivity contribution is 5.77. The molecule has 1 aromatic rings. The molecule has 0 aromatic heterocycles. The zero-order valence-electron chi connectivity index (χ0n) is 17.1. The van der Waals surface area contributed by atoms with Crippen molar-refractivity contribution in [3.05, 3.63) is 54.0 Å². The number of carbonyl (C=O) groups is 2. The first kappa shape index (κ1) is 20.9. The van der Waals surface area contributed by atoms with Gasteiger partial charge in [0.2, 0.25) is 5.91 Å². The van der Waals surface area contributed by atoms with Crippen LogP contribution in [0, 0.1) is 5.82 Å². The third-order valence-electron chi connectivity index (χ3n) is 5.39. The van der Waals surface area contributed by atoms with Crippen LogP contribution in [0.1, 0.15) is 26.3 Å². The summed E-state index contributed by atoms with van der Waals surface area (Å²) >= 11 is 0. The van der Waals surface area contributed by atoms with Gasteiger partial charge in [-0.2, -0.15) is 0 Å². The van der Waals surface area contributed by atoms with Gasteiger partial charge in [0.05, 0.1) is 11.7 Å². The first-order valence-corrected chi connectivity index (χ1v) is 9.83. The van der Waals surface area contributed by atoms with Crippen molar-refractivity contribution in [2.24, 2.45) is 0 Å². The highest BCUT2D eigenvalue weighted by Gasteiger charge is 2.26. The number of hydrazine groups is 1. The molecule has 2 heterocycles. The minimum Gasteiger partial charge on any atom is -0.340 e. The molecule has 0 bridgehead atoms. The second-order valence-electron chi connectivity index (χ2n) is 7.49. The number of urea groups is 1. The molecule has 3 amide bonds. The number of benzene rings is 1. The number of hydrogen-bond acceptors (Lipinski definition) is 4. The summed E-state index contributed by atoms with van der Waals surface area (Å²) in [4.78, 5) is 29.4. The van der Waals surface area contributed by atoms with Crippen LogP contribution in [-0.2, 0) is 11.3 Å². The van der Waals surface area contributed by atoms with Crippen LogP contribution >= 0.6 is 0 Å². The molecule has 2 aliphatic rings. The summed E-state index contributed by atoms with van der Waals surface area (Å²) in [7, 11) is 0. The van der Waals surface area contributed by atoms with Gasteiger partial charge in [-0.05, 0) is 26.0 Å². The van der Waals surface area contributed by atoms with Crippen molar-refractivity contribution in [2.75, 3.05) is 25.1 Å². The summed E-state index contributed by atoms with van der Waals surface area (Å²) in [6.45, 7) is 7.93. The molecule has 156 valence electrons. The summed E-state index contributed by atoms with van der Waals surface area (Å²) in [5.74, 6) is -0.325. The molecule has 0 spiro atoms. The molecule has 0 saturated carbocycles. The van der Waals surface area contributed by atoms with Crippen molar-refractivity contribution in [3.8, 4) is 0 Å². The zero-order valence-corrected chi connectivity index (χ0v) is 17.1. The van der Waals surface area contributed by atoms with E-state index in [0.29, 0.717) is 31.7 Å². The Morgan fingerprint density at radius 3 is 2.69 bits per heavy atom. The van der Waals surface area contributed by atoms with Crippen molar-refractivity contribution in [3.63, 3.8) is 0 Å². The van der Waals surface area contributed by atoms with Crippen LogP contribution in [0.15, 0.2) is 42.6 Å². The number of carbonyl (C=O) groups excluding carboxylic acids is 2. The third-order valence-corrected chi connectivity index (χ3v) is 5.39. The maximum atomic E-state index is 15.0. The quantitative estimate of drug-likeness (QED) is 0.762. The van der Waals surface area contributed by atoms with Crippen molar-refractivity contribution >= 4 is 17.6 Å². The Bertz CT molecular complexity index is 825. The molecule has 29 heavy (non-hydrogen) atoms. The average molecular weight is 401 g/mol. The van der Waals surface area contributed by atoms with E-state index in [4.69, 9.17) is 0 Å². The first-order chi connectivity index (χ1) is 13.9. The van der Waals surface area contributed by atoms with Crippen LogP contribution in [0.3, 0.4) is 0 Å². The fraction of sp³-hybridized carbons (Fsp3) is 0.429. The van der Waals surface area contributed by atoms with E-state index in [0.717, 1.165) is 0 Å². The van der Waals surface area contributed by atoms with Crippen molar-refractivity contribution in [1.82, 2.24) is 20.1 Å². The van der Waals surface area contributed by atoms with E-state index in [-0.39, 0.29) is 29.7 Å². The van der Waals surface area contributed by atoms with Crippen LogP contribution in [0.2, 0.25) is 0 Å². The molecule has 8 heteroatoms. The van der Waals surface area contributed by atoms with E-state index in [9.17, 15) is 14.0 Å². The number of rotatable bonds is 4. The van der Waals surface area contributed by atoms with Gasteiger partial charge >= 0.3 is 6.03 Å². The number of hydrogen-bond donors (Lipinski definition) is 2. The van der Waals surface area contributed by atoms with Gasteiger partial charge in [-0.3, -0.25) is 25.4 Å². The Hall–Kier alpha value is -2.87. The van der Waals surface area contributed by atoms with Gasteiger partial charge < -0.3 is 4.90 Å². The number of allylic oxidation sites excluding steroid dienone is 2. The van der Waals surface area contributed by atoms with Crippen LogP contribution in [0.25, 0.3) is 0 Å². The standard InChI is InChI=1S/C21H28FN5O2/c1-15-7-4-5-10-27(15)21(29)24-23-19-9-6-8-18(20(19)22)14-25-11-12-26(17(3)28)13-16(25)2/h4-10,15-16,23H,11-14H2,1-3H3,(H,24,29)/t15?,16-/m1/s1. The van der Waals surface area contributed by atoms with Crippen LogP contribution < -0.4 is 10.9 Å². The van der Waals surface area contributed by atoms with Gasteiger partial charge in [0.1, 0.15) is 0 Å². The summed E-state index contributed by atoms with van der Waals surface area (Å²) < 4.78 is 15.0. The lowest BCUT2D eigenvalue weighted by atomic mass is 10.1. The summed E-state index contributed by atoms with van der Waals surface area (Å²) in [5, 5.41) is 0. The number of nitrogens with zero attached hydrogens (tertiary/aromatic N) is 3. The lowest BCUT2D eigenvalue weighted by Crippen LogP contribution is -2.52. The lowest BCUT2D eigenvalue weighted by molar-refractivity contribution is -0.131. The van der Waals surface area contributed by atoms with Gasteiger partial charge in [0.25, 0.3) is 0 Å². The van der Waals surface area contributed by atoms with E-state index >= 15 is 0 Å². The van der Waals surface area contributed by atoms with Crippen molar-refractivity contribution < 1.29 is 14.0 Å². The molecule has 0 aliphatic carbocycles. The molecule has 2 aliphatic heterocycles. The minimum absolute atomic E-state index is 0.0676. The highest BCUT2D eigenvalue weighted by atomic mass is 19.1.